The molecule has 0 heterocycles. The summed E-state index contributed by atoms with van der Waals surface area (Å²) in [4.78, 5) is 12.0. The van der Waals surface area contributed by atoms with Crippen molar-refractivity contribution >= 4 is 26.7 Å². The molecule has 0 radical (unpaired) electrons. The molecule has 21 heavy (non-hydrogen) atoms. The second-order valence-electron chi connectivity index (χ2n) is 4.61. The summed E-state index contributed by atoms with van der Waals surface area (Å²) in [6.45, 7) is 0.233. The standard InChI is InChI=1S/C14H16N2O4S/c1-21(19,20)16-9-8-15-14(18)12-7-6-10-4-2-3-5-11(10)13(12)17/h2-7,16-17H,8-9H2,1H3,(H,15,18). The Bertz CT molecular complexity index is 772. The van der Waals surface area contributed by atoms with Crippen molar-refractivity contribution in [1.82, 2.24) is 10.0 Å². The lowest BCUT2D eigenvalue weighted by Gasteiger charge is -2.09. The predicted octanol–water partition coefficient (Wildman–Crippen LogP) is 0.824. The number of benzene rings is 2. The number of nitrogens with one attached hydrogen (secondary N) is 2. The SMILES string of the molecule is CS(=O)(=O)NCCNC(=O)c1ccc2ccccc2c1O. The highest BCUT2D eigenvalue weighted by atomic mass is 32.2. The Hall–Kier alpha value is -2.12. The van der Waals surface area contributed by atoms with Gasteiger partial charge in [-0.15, -0.1) is 0 Å². The Labute approximate surface area is 122 Å². The Morgan fingerprint density at radius 2 is 1.86 bits per heavy atom. The lowest BCUT2D eigenvalue weighted by Crippen LogP contribution is -2.34. The number of amides is 1. The number of phenols is 1. The number of phenolic OH excluding ortho intramolecular Hbond substituents is 1. The van der Waals surface area contributed by atoms with Crippen LogP contribution in [-0.4, -0.2) is 38.8 Å². The van der Waals surface area contributed by atoms with Crippen molar-refractivity contribution in [3.05, 3.63) is 42.0 Å². The molecule has 0 aliphatic rings. The highest BCUT2D eigenvalue weighted by Gasteiger charge is 2.13. The summed E-state index contributed by atoms with van der Waals surface area (Å²) in [5.74, 6) is -0.532. The van der Waals surface area contributed by atoms with E-state index in [1.807, 2.05) is 12.1 Å². The zero-order chi connectivity index (χ0) is 15.5. The molecule has 0 fully saturated rings. The van der Waals surface area contributed by atoms with Crippen LogP contribution in [0.3, 0.4) is 0 Å². The molecule has 2 aromatic rings. The topological polar surface area (TPSA) is 95.5 Å². The molecule has 7 heteroatoms. The maximum absolute atomic E-state index is 12.0. The summed E-state index contributed by atoms with van der Waals surface area (Å²) in [6, 6.07) is 10.5. The molecule has 0 saturated carbocycles. The van der Waals surface area contributed by atoms with Crippen LogP contribution in [0.1, 0.15) is 10.4 Å². The van der Waals surface area contributed by atoms with Gasteiger partial charge in [0.15, 0.2) is 0 Å². The molecule has 0 saturated heterocycles. The fourth-order valence-corrected chi connectivity index (χ4v) is 2.42. The minimum Gasteiger partial charge on any atom is -0.506 e. The molecular weight excluding hydrogens is 292 g/mol. The monoisotopic (exact) mass is 308 g/mol. The normalized spacial score (nSPS) is 11.5. The Morgan fingerprint density at radius 3 is 2.57 bits per heavy atom. The van der Waals surface area contributed by atoms with Crippen molar-refractivity contribution < 1.29 is 18.3 Å². The molecule has 0 aromatic heterocycles. The molecule has 3 N–H and O–H groups in total. The van der Waals surface area contributed by atoms with Gasteiger partial charge < -0.3 is 10.4 Å². The Kier molecular flexibility index (Phi) is 4.44. The summed E-state index contributed by atoms with van der Waals surface area (Å²) < 4.78 is 24.0. The van der Waals surface area contributed by atoms with Crippen molar-refractivity contribution in [2.75, 3.05) is 19.3 Å². The average Bonchev–Trinajstić information content (AvgIpc) is 2.43. The van der Waals surface area contributed by atoms with E-state index < -0.39 is 15.9 Å². The third kappa shape index (κ3) is 3.93. The van der Waals surface area contributed by atoms with Crippen LogP contribution in [0.4, 0.5) is 0 Å². The van der Waals surface area contributed by atoms with E-state index in [1.54, 1.807) is 18.2 Å². The summed E-state index contributed by atoms with van der Waals surface area (Å²) in [6.07, 6.45) is 1.05. The summed E-state index contributed by atoms with van der Waals surface area (Å²) in [7, 11) is -3.27. The molecule has 6 nitrogen and oxygen atoms in total. The van der Waals surface area contributed by atoms with Crippen LogP contribution in [0.2, 0.25) is 0 Å². The van der Waals surface area contributed by atoms with Gasteiger partial charge in [-0.2, -0.15) is 0 Å². The first-order valence-electron chi connectivity index (χ1n) is 6.32. The van der Waals surface area contributed by atoms with E-state index in [1.165, 1.54) is 6.07 Å². The molecule has 0 spiro atoms. The smallest absolute Gasteiger partial charge is 0.255 e. The quantitative estimate of drug-likeness (QED) is 0.713. The molecule has 2 rings (SSSR count). The zero-order valence-electron chi connectivity index (χ0n) is 11.5. The van der Waals surface area contributed by atoms with Crippen molar-refractivity contribution in [3.63, 3.8) is 0 Å². The van der Waals surface area contributed by atoms with Crippen LogP contribution < -0.4 is 10.0 Å². The summed E-state index contributed by atoms with van der Waals surface area (Å²) in [5, 5.41) is 14.1. The zero-order valence-corrected chi connectivity index (χ0v) is 12.3. The van der Waals surface area contributed by atoms with E-state index in [9.17, 15) is 18.3 Å². The maximum atomic E-state index is 12.0. The first-order valence-corrected chi connectivity index (χ1v) is 8.21. The van der Waals surface area contributed by atoms with Crippen LogP contribution in [0.25, 0.3) is 10.8 Å². The van der Waals surface area contributed by atoms with Gasteiger partial charge in [0, 0.05) is 18.5 Å². The largest absolute Gasteiger partial charge is 0.506 e. The van der Waals surface area contributed by atoms with Crippen molar-refractivity contribution in [1.29, 1.82) is 0 Å². The number of hydrogen-bond acceptors (Lipinski definition) is 4. The number of carbonyl (C=O) groups is 1. The molecule has 0 bridgehead atoms. The van der Waals surface area contributed by atoms with Gasteiger partial charge in [0.05, 0.1) is 11.8 Å². The fraction of sp³-hybridized carbons (Fsp3) is 0.214. The minimum absolute atomic E-state index is 0.0818. The summed E-state index contributed by atoms with van der Waals surface area (Å²) in [5.41, 5.74) is 0.160. The van der Waals surface area contributed by atoms with Gasteiger partial charge in [0.25, 0.3) is 5.91 Å². The van der Waals surface area contributed by atoms with Gasteiger partial charge in [0.2, 0.25) is 10.0 Å². The second-order valence-corrected chi connectivity index (χ2v) is 6.44. The minimum atomic E-state index is -3.27. The second kappa shape index (κ2) is 6.11. The number of rotatable bonds is 5. The van der Waals surface area contributed by atoms with Gasteiger partial charge in [0.1, 0.15) is 5.75 Å². The van der Waals surface area contributed by atoms with Crippen LogP contribution in [0.15, 0.2) is 36.4 Å². The molecule has 2 aromatic carbocycles. The van der Waals surface area contributed by atoms with Crippen LogP contribution in [-0.2, 0) is 10.0 Å². The van der Waals surface area contributed by atoms with Crippen molar-refractivity contribution in [2.24, 2.45) is 0 Å². The number of hydrogen-bond donors (Lipinski definition) is 3. The highest BCUT2D eigenvalue weighted by molar-refractivity contribution is 7.88. The van der Waals surface area contributed by atoms with Crippen LogP contribution >= 0.6 is 0 Å². The molecule has 0 atom stereocenters. The highest BCUT2D eigenvalue weighted by Crippen LogP contribution is 2.28. The van der Waals surface area contributed by atoms with Gasteiger partial charge in [-0.05, 0) is 11.5 Å². The number of aromatic hydroxyl groups is 1. The summed E-state index contributed by atoms with van der Waals surface area (Å²) >= 11 is 0. The number of carbonyl (C=O) groups excluding carboxylic acids is 1. The first kappa shape index (κ1) is 15.3. The fourth-order valence-electron chi connectivity index (χ4n) is 1.95. The van der Waals surface area contributed by atoms with Gasteiger partial charge in [-0.25, -0.2) is 13.1 Å². The van der Waals surface area contributed by atoms with E-state index in [0.29, 0.717) is 5.39 Å². The van der Waals surface area contributed by atoms with Crippen molar-refractivity contribution in [3.8, 4) is 5.75 Å². The molecule has 1 amide bonds. The number of sulfonamides is 1. The van der Waals surface area contributed by atoms with E-state index in [2.05, 4.69) is 10.0 Å². The Balaban J connectivity index is 2.08. The van der Waals surface area contributed by atoms with E-state index in [4.69, 9.17) is 0 Å². The maximum Gasteiger partial charge on any atom is 0.255 e. The molecule has 0 unspecified atom stereocenters. The van der Waals surface area contributed by atoms with Gasteiger partial charge in [-0.1, -0.05) is 30.3 Å². The first-order chi connectivity index (χ1) is 9.88. The van der Waals surface area contributed by atoms with Crippen LogP contribution in [0.5, 0.6) is 5.75 Å². The average molecular weight is 308 g/mol. The lowest BCUT2D eigenvalue weighted by molar-refractivity contribution is 0.0952. The molecule has 0 aliphatic carbocycles. The third-order valence-electron chi connectivity index (χ3n) is 2.92. The van der Waals surface area contributed by atoms with E-state index in [-0.39, 0.29) is 24.4 Å². The third-order valence-corrected chi connectivity index (χ3v) is 3.65. The van der Waals surface area contributed by atoms with E-state index >= 15 is 0 Å². The van der Waals surface area contributed by atoms with Gasteiger partial charge >= 0.3 is 0 Å². The molecule has 112 valence electrons. The van der Waals surface area contributed by atoms with Crippen molar-refractivity contribution in [2.45, 2.75) is 0 Å². The molecular formula is C14H16N2O4S. The molecule has 0 aliphatic heterocycles. The van der Waals surface area contributed by atoms with Crippen LogP contribution in [0, 0.1) is 0 Å². The van der Waals surface area contributed by atoms with E-state index in [0.717, 1.165) is 11.6 Å². The van der Waals surface area contributed by atoms with Gasteiger partial charge in [-0.3, -0.25) is 4.79 Å². The number of fused-ring (bicyclic) bond motifs is 1. The lowest BCUT2D eigenvalue weighted by atomic mass is 10.0. The Morgan fingerprint density at radius 1 is 1.14 bits per heavy atom. The predicted molar refractivity (Wildman–Crippen MR) is 80.8 cm³/mol.